The molecule has 0 heterocycles. The number of nitro groups is 1. The maximum absolute atomic E-state index is 10.7. The second-order valence-electron chi connectivity index (χ2n) is 5.89. The van der Waals surface area contributed by atoms with Crippen molar-refractivity contribution >= 4 is 5.69 Å². The molecule has 2 atom stereocenters. The Morgan fingerprint density at radius 3 is 2.19 bits per heavy atom. The van der Waals surface area contributed by atoms with Gasteiger partial charge in [0.2, 0.25) is 0 Å². The molecule has 8 heteroatoms. The fourth-order valence-corrected chi connectivity index (χ4v) is 2.32. The summed E-state index contributed by atoms with van der Waals surface area (Å²) in [5.74, 6) is 0.749. The summed E-state index contributed by atoms with van der Waals surface area (Å²) < 4.78 is 16.3. The molecule has 2 rings (SSSR count). The van der Waals surface area contributed by atoms with Gasteiger partial charge in [0.25, 0.3) is 5.69 Å². The van der Waals surface area contributed by atoms with E-state index in [0.29, 0.717) is 12.2 Å². The summed E-state index contributed by atoms with van der Waals surface area (Å²) in [5.41, 5.74) is 1.64. The van der Waals surface area contributed by atoms with E-state index in [0.717, 1.165) is 11.3 Å². The van der Waals surface area contributed by atoms with Crippen LogP contribution in [-0.4, -0.2) is 47.7 Å². The van der Waals surface area contributed by atoms with E-state index < -0.39 is 23.7 Å². The smallest absolute Gasteiger partial charge is 0.269 e. The lowest BCUT2D eigenvalue weighted by atomic mass is 10.2. The maximum Gasteiger partial charge on any atom is 0.269 e. The van der Waals surface area contributed by atoms with Crippen molar-refractivity contribution in [1.82, 2.24) is 0 Å². The van der Waals surface area contributed by atoms with Crippen LogP contribution in [0.1, 0.15) is 11.1 Å². The summed E-state index contributed by atoms with van der Waals surface area (Å²) in [7, 11) is 1.59. The van der Waals surface area contributed by atoms with Crippen LogP contribution in [0.15, 0.2) is 48.5 Å². The third-order valence-electron chi connectivity index (χ3n) is 3.94. The lowest BCUT2D eigenvalue weighted by Gasteiger charge is -2.22. The van der Waals surface area contributed by atoms with Crippen LogP contribution in [0, 0.1) is 10.1 Å². The largest absolute Gasteiger partial charge is 0.497 e. The minimum absolute atomic E-state index is 0.00600. The van der Waals surface area contributed by atoms with Crippen LogP contribution in [0.4, 0.5) is 5.69 Å². The van der Waals surface area contributed by atoms with Crippen molar-refractivity contribution < 1.29 is 29.3 Å². The zero-order valence-corrected chi connectivity index (χ0v) is 15.0. The first kappa shape index (κ1) is 20.8. The van der Waals surface area contributed by atoms with Crippen molar-refractivity contribution in [2.75, 3.05) is 20.3 Å². The van der Waals surface area contributed by atoms with Crippen LogP contribution in [0.25, 0.3) is 0 Å². The second kappa shape index (κ2) is 10.6. The molecular formula is C19H23NO7. The standard InChI is InChI=1S/C19H23NO7/c1-25-17-8-4-14(5-9-17)11-26-13-19(18(22)10-21)27-12-15-2-6-16(7-3-15)20(23)24/h2-9,18-19,21-22H,10-13H2,1H3/t18-,19+/m1/s1. The molecule has 0 unspecified atom stereocenters. The van der Waals surface area contributed by atoms with E-state index >= 15 is 0 Å². The van der Waals surface area contributed by atoms with E-state index in [4.69, 9.17) is 14.2 Å². The third kappa shape index (κ3) is 6.61. The zero-order chi connectivity index (χ0) is 19.6. The first-order valence-electron chi connectivity index (χ1n) is 8.38. The third-order valence-corrected chi connectivity index (χ3v) is 3.94. The molecule has 2 aromatic rings. The van der Waals surface area contributed by atoms with Gasteiger partial charge >= 0.3 is 0 Å². The van der Waals surface area contributed by atoms with Gasteiger partial charge in [-0.3, -0.25) is 10.1 Å². The number of rotatable bonds is 11. The second-order valence-corrected chi connectivity index (χ2v) is 5.89. The van der Waals surface area contributed by atoms with E-state index in [1.807, 2.05) is 24.3 Å². The molecule has 0 aliphatic carbocycles. The van der Waals surface area contributed by atoms with Gasteiger partial charge in [-0.05, 0) is 35.4 Å². The number of hydrogen-bond acceptors (Lipinski definition) is 7. The normalized spacial score (nSPS) is 13.1. The van der Waals surface area contributed by atoms with Gasteiger partial charge in [0, 0.05) is 12.1 Å². The number of methoxy groups -OCH3 is 1. The predicted octanol–water partition coefficient (Wildman–Crippen LogP) is 2.06. The molecule has 8 nitrogen and oxygen atoms in total. The summed E-state index contributed by atoms with van der Waals surface area (Å²) in [6.07, 6.45) is -1.83. The Hall–Kier alpha value is -2.52. The number of aliphatic hydroxyl groups excluding tert-OH is 2. The molecular weight excluding hydrogens is 354 g/mol. The maximum atomic E-state index is 10.7. The Morgan fingerprint density at radius 1 is 1.04 bits per heavy atom. The molecule has 0 amide bonds. The van der Waals surface area contributed by atoms with Gasteiger partial charge in [-0.15, -0.1) is 0 Å². The minimum atomic E-state index is -1.10. The molecule has 2 aromatic carbocycles. The number of non-ortho nitro benzene ring substituents is 1. The highest BCUT2D eigenvalue weighted by molar-refractivity contribution is 5.32. The lowest BCUT2D eigenvalue weighted by molar-refractivity contribution is -0.384. The molecule has 0 fully saturated rings. The quantitative estimate of drug-likeness (QED) is 0.455. The Bertz CT molecular complexity index is 703. The molecule has 0 spiro atoms. The average Bonchev–Trinajstić information content (AvgIpc) is 2.70. The highest BCUT2D eigenvalue weighted by Crippen LogP contribution is 2.15. The first-order valence-corrected chi connectivity index (χ1v) is 8.38. The molecule has 0 radical (unpaired) electrons. The van der Waals surface area contributed by atoms with Crippen LogP contribution in [0.3, 0.4) is 0 Å². The Kier molecular flexibility index (Phi) is 8.15. The van der Waals surface area contributed by atoms with Crippen molar-refractivity contribution in [2.24, 2.45) is 0 Å². The number of nitro benzene ring substituents is 1. The molecule has 0 aliphatic heterocycles. The van der Waals surface area contributed by atoms with Gasteiger partial charge in [-0.2, -0.15) is 0 Å². The highest BCUT2D eigenvalue weighted by atomic mass is 16.6. The molecule has 146 valence electrons. The topological polar surface area (TPSA) is 111 Å². The van der Waals surface area contributed by atoms with Crippen molar-refractivity contribution in [2.45, 2.75) is 25.4 Å². The molecule has 0 aromatic heterocycles. The van der Waals surface area contributed by atoms with Crippen molar-refractivity contribution in [3.05, 3.63) is 69.8 Å². The highest BCUT2D eigenvalue weighted by Gasteiger charge is 2.20. The van der Waals surface area contributed by atoms with Crippen LogP contribution < -0.4 is 4.74 Å². The van der Waals surface area contributed by atoms with Gasteiger partial charge < -0.3 is 24.4 Å². The SMILES string of the molecule is COc1ccc(COC[C@H](OCc2ccc([N+](=O)[O-])cc2)[C@H](O)CO)cc1. The van der Waals surface area contributed by atoms with E-state index in [1.54, 1.807) is 19.2 Å². The monoisotopic (exact) mass is 377 g/mol. The van der Waals surface area contributed by atoms with E-state index in [2.05, 4.69) is 0 Å². The molecule has 0 saturated carbocycles. The summed E-state index contributed by atoms with van der Waals surface area (Å²) in [4.78, 5) is 10.2. The number of ether oxygens (including phenoxy) is 3. The Balaban J connectivity index is 1.85. The molecule has 27 heavy (non-hydrogen) atoms. The fraction of sp³-hybridized carbons (Fsp3) is 0.368. The van der Waals surface area contributed by atoms with Gasteiger partial charge in [-0.1, -0.05) is 12.1 Å². The number of aliphatic hydroxyl groups is 2. The summed E-state index contributed by atoms with van der Waals surface area (Å²) >= 11 is 0. The molecule has 0 saturated heterocycles. The van der Waals surface area contributed by atoms with Gasteiger partial charge in [-0.25, -0.2) is 0 Å². The fourth-order valence-electron chi connectivity index (χ4n) is 2.32. The van der Waals surface area contributed by atoms with Gasteiger partial charge in [0.05, 0.1) is 38.5 Å². The Labute approximate surface area is 157 Å². The van der Waals surface area contributed by atoms with Crippen molar-refractivity contribution in [1.29, 1.82) is 0 Å². The predicted molar refractivity (Wildman–Crippen MR) is 97.4 cm³/mol. The van der Waals surface area contributed by atoms with E-state index in [9.17, 15) is 20.3 Å². The number of hydrogen-bond donors (Lipinski definition) is 2. The van der Waals surface area contributed by atoms with Crippen LogP contribution in [-0.2, 0) is 22.7 Å². The van der Waals surface area contributed by atoms with E-state index in [-0.39, 0.29) is 18.9 Å². The van der Waals surface area contributed by atoms with Crippen LogP contribution in [0.5, 0.6) is 5.75 Å². The van der Waals surface area contributed by atoms with Crippen LogP contribution in [0.2, 0.25) is 0 Å². The molecule has 2 N–H and O–H groups in total. The van der Waals surface area contributed by atoms with E-state index in [1.165, 1.54) is 12.1 Å². The van der Waals surface area contributed by atoms with Gasteiger partial charge in [0.15, 0.2) is 0 Å². The summed E-state index contributed by atoms with van der Waals surface area (Å²) in [5, 5.41) is 29.8. The van der Waals surface area contributed by atoms with Gasteiger partial charge in [0.1, 0.15) is 18.0 Å². The first-order chi connectivity index (χ1) is 13.0. The summed E-state index contributed by atoms with van der Waals surface area (Å²) in [6.45, 7) is 0.0721. The minimum Gasteiger partial charge on any atom is -0.497 e. The molecule has 0 aliphatic rings. The Morgan fingerprint density at radius 2 is 1.63 bits per heavy atom. The summed E-state index contributed by atoms with van der Waals surface area (Å²) in [6, 6.07) is 13.3. The van der Waals surface area contributed by atoms with Crippen molar-refractivity contribution in [3.8, 4) is 5.75 Å². The van der Waals surface area contributed by atoms with Crippen molar-refractivity contribution in [3.63, 3.8) is 0 Å². The number of nitrogens with zero attached hydrogens (tertiary/aromatic N) is 1. The lowest BCUT2D eigenvalue weighted by Crippen LogP contribution is -2.36. The number of benzene rings is 2. The molecule has 0 bridgehead atoms. The average molecular weight is 377 g/mol. The van der Waals surface area contributed by atoms with Crippen LogP contribution >= 0.6 is 0 Å². The zero-order valence-electron chi connectivity index (χ0n) is 15.0.